The summed E-state index contributed by atoms with van der Waals surface area (Å²) in [6.45, 7) is 0. The van der Waals surface area contributed by atoms with Gasteiger partial charge in [-0.15, -0.1) is 0 Å². The number of hydrogen-bond donors (Lipinski definition) is 0. The highest BCUT2D eigenvalue weighted by molar-refractivity contribution is 7.39. The van der Waals surface area contributed by atoms with E-state index in [-0.39, 0.29) is 6.04 Å². The molecule has 5 heteroatoms. The van der Waals surface area contributed by atoms with Gasteiger partial charge in [-0.2, -0.15) is 0 Å². The fourth-order valence-corrected chi connectivity index (χ4v) is 8.67. The summed E-state index contributed by atoms with van der Waals surface area (Å²) < 4.78 is 16.4. The summed E-state index contributed by atoms with van der Waals surface area (Å²) in [4.78, 5) is 0. The first-order valence-corrected chi connectivity index (χ1v) is 16.2. The second kappa shape index (κ2) is 10.1. The van der Waals surface area contributed by atoms with Crippen LogP contribution in [0.4, 0.5) is 5.69 Å². The highest BCUT2D eigenvalue weighted by atomic mass is 35.5. The highest BCUT2D eigenvalue weighted by Crippen LogP contribution is 2.53. The van der Waals surface area contributed by atoms with Crippen LogP contribution >= 0.6 is 19.8 Å². The lowest BCUT2D eigenvalue weighted by atomic mass is 9.95. The maximum absolute atomic E-state index is 7.09. The van der Waals surface area contributed by atoms with Crippen molar-refractivity contribution in [3.63, 3.8) is 0 Å². The first kappa shape index (κ1) is 25.5. The van der Waals surface area contributed by atoms with E-state index < -0.39 is 8.16 Å². The number of fused-ring (bicyclic) bond motifs is 9. The van der Waals surface area contributed by atoms with Crippen LogP contribution < -0.4 is 4.67 Å². The lowest BCUT2D eigenvalue weighted by molar-refractivity contribution is 0.626. The van der Waals surface area contributed by atoms with Gasteiger partial charge in [0.15, 0.2) is 0 Å². The van der Waals surface area contributed by atoms with Crippen molar-refractivity contribution >= 4 is 85.8 Å². The van der Waals surface area contributed by atoms with Crippen molar-refractivity contribution in [2.24, 2.45) is 0 Å². The maximum atomic E-state index is 7.09. The molecule has 7 aromatic carbocycles. The monoisotopic (exact) mass is 605 g/mol. The number of para-hydroxylation sites is 1. The molecule has 0 saturated heterocycles. The molecule has 0 spiro atoms. The van der Waals surface area contributed by atoms with Crippen LogP contribution in [0.15, 0.2) is 148 Å². The molecule has 0 unspecified atom stereocenters. The van der Waals surface area contributed by atoms with Crippen LogP contribution in [-0.4, -0.2) is 0 Å². The van der Waals surface area contributed by atoms with Gasteiger partial charge in [0.2, 0.25) is 0 Å². The van der Waals surface area contributed by atoms with Crippen molar-refractivity contribution in [1.29, 1.82) is 0 Å². The Morgan fingerprint density at radius 3 is 1.75 bits per heavy atom. The minimum Gasteiger partial charge on any atom is -0.404 e. The molecule has 3 nitrogen and oxygen atoms in total. The molecule has 0 aliphatic carbocycles. The van der Waals surface area contributed by atoms with Crippen molar-refractivity contribution in [1.82, 2.24) is 0 Å². The number of nitrogens with zero attached hydrogens (tertiary/aromatic N) is 1. The standard InChI is InChI=1S/C39H25ClNO2P/c40-33-18-8-13-28-19-22-34(32-17-7-12-25-9-1-4-14-29(25)32)41(39(28)33)44-42-35-23-20-26-10-2-5-15-30(26)37(35)38-31-16-6-3-11-27(31)21-24-36(38)43-44/h1-24,34H/t34-/m0/s1. The molecule has 210 valence electrons. The summed E-state index contributed by atoms with van der Waals surface area (Å²) in [7, 11) is -1.72. The fraction of sp³-hybridized carbons (Fsp3) is 0.0256. The molecule has 0 radical (unpaired) electrons. The third-order valence-corrected chi connectivity index (χ3v) is 10.5. The normalized spacial score (nSPS) is 14.6. The zero-order valence-electron chi connectivity index (χ0n) is 23.5. The molecule has 9 rings (SSSR count). The zero-order chi connectivity index (χ0) is 29.2. The second-order valence-corrected chi connectivity index (χ2v) is 12.8. The maximum Gasteiger partial charge on any atom is 0.342 e. The third kappa shape index (κ3) is 3.90. The third-order valence-electron chi connectivity index (χ3n) is 8.67. The molecule has 0 fully saturated rings. The van der Waals surface area contributed by atoms with E-state index in [9.17, 15) is 0 Å². The molecule has 0 N–H and O–H groups in total. The number of benzene rings is 7. The van der Waals surface area contributed by atoms with Gasteiger partial charge in [-0.05, 0) is 61.6 Å². The molecule has 1 atom stereocenters. The summed E-state index contributed by atoms with van der Waals surface area (Å²) in [5.74, 6) is 0. The minimum absolute atomic E-state index is 0.175. The number of rotatable bonds is 2. The molecule has 1 aliphatic rings. The Hall–Kier alpha value is -4.95. The van der Waals surface area contributed by atoms with Crippen LogP contribution in [-0.2, 0) is 0 Å². The van der Waals surface area contributed by atoms with Gasteiger partial charge in [0.1, 0.15) is 11.2 Å². The predicted octanol–water partition coefficient (Wildman–Crippen LogP) is 12.4. The molecular weight excluding hydrogens is 581 g/mol. The molecule has 1 aromatic heterocycles. The number of halogens is 1. The van der Waals surface area contributed by atoms with Crippen molar-refractivity contribution in [3.8, 4) is 0 Å². The largest absolute Gasteiger partial charge is 0.404 e. The Labute approximate surface area is 259 Å². The van der Waals surface area contributed by atoms with Gasteiger partial charge in [-0.3, -0.25) is 4.67 Å². The molecule has 0 amide bonds. The summed E-state index contributed by atoms with van der Waals surface area (Å²) in [5, 5.41) is 9.71. The summed E-state index contributed by atoms with van der Waals surface area (Å²) in [6.07, 6.45) is 4.41. The smallest absolute Gasteiger partial charge is 0.342 e. The van der Waals surface area contributed by atoms with Crippen LogP contribution in [0.1, 0.15) is 17.2 Å². The van der Waals surface area contributed by atoms with Crippen molar-refractivity contribution < 1.29 is 8.39 Å². The van der Waals surface area contributed by atoms with Gasteiger partial charge < -0.3 is 8.39 Å². The lowest BCUT2D eigenvalue weighted by Crippen LogP contribution is -2.23. The predicted molar refractivity (Wildman–Crippen MR) is 186 cm³/mol. The van der Waals surface area contributed by atoms with E-state index in [0.717, 1.165) is 54.7 Å². The average Bonchev–Trinajstić information content (AvgIpc) is 3.25. The first-order chi connectivity index (χ1) is 21.7. The number of hydrogen-bond acceptors (Lipinski definition) is 3. The quantitative estimate of drug-likeness (QED) is 0.196. The SMILES string of the molecule is Clc1cccc2c1N(p1oc3ccc4ccccc4c3c3c(ccc4ccccc43)o1)[C@H](c1cccc3ccccc13)C=C2. The topological polar surface area (TPSA) is 29.5 Å². The van der Waals surface area contributed by atoms with Gasteiger partial charge in [0.25, 0.3) is 0 Å². The van der Waals surface area contributed by atoms with Crippen LogP contribution in [0.3, 0.4) is 0 Å². The van der Waals surface area contributed by atoms with Crippen LogP contribution in [0.5, 0.6) is 0 Å². The summed E-state index contributed by atoms with van der Waals surface area (Å²) >= 11 is 7.05. The van der Waals surface area contributed by atoms with Gasteiger partial charge in [-0.25, -0.2) is 0 Å². The Morgan fingerprint density at radius 1 is 0.545 bits per heavy atom. The molecule has 0 saturated carbocycles. The molecule has 0 bridgehead atoms. The fourth-order valence-electron chi connectivity index (χ4n) is 6.70. The molecule has 8 aromatic rings. The average molecular weight is 606 g/mol. The van der Waals surface area contributed by atoms with E-state index >= 15 is 0 Å². The Kier molecular flexibility index (Phi) is 5.84. The second-order valence-electron chi connectivity index (χ2n) is 11.1. The van der Waals surface area contributed by atoms with Gasteiger partial charge in [0, 0.05) is 10.8 Å². The Morgan fingerprint density at radius 2 is 1.09 bits per heavy atom. The van der Waals surface area contributed by atoms with E-state index in [4.69, 9.17) is 20.0 Å². The molecule has 2 heterocycles. The lowest BCUT2D eigenvalue weighted by Gasteiger charge is -2.34. The zero-order valence-corrected chi connectivity index (χ0v) is 25.2. The van der Waals surface area contributed by atoms with Gasteiger partial charge in [-0.1, -0.05) is 139 Å². The van der Waals surface area contributed by atoms with Crippen LogP contribution in [0, 0.1) is 0 Å². The van der Waals surface area contributed by atoms with Crippen molar-refractivity contribution in [2.75, 3.05) is 4.67 Å². The van der Waals surface area contributed by atoms with Crippen LogP contribution in [0.25, 0.3) is 60.3 Å². The van der Waals surface area contributed by atoms with Crippen LogP contribution in [0.2, 0.25) is 5.02 Å². The van der Waals surface area contributed by atoms with Gasteiger partial charge >= 0.3 is 8.16 Å². The van der Waals surface area contributed by atoms with Gasteiger partial charge in [0.05, 0.1) is 16.8 Å². The van der Waals surface area contributed by atoms with E-state index in [2.05, 4.69) is 138 Å². The van der Waals surface area contributed by atoms with Crippen molar-refractivity contribution in [3.05, 3.63) is 156 Å². The number of anilines is 1. The Balaban J connectivity index is 1.43. The van der Waals surface area contributed by atoms with E-state index in [0.29, 0.717) is 5.02 Å². The summed E-state index contributed by atoms with van der Waals surface area (Å²) in [5.41, 5.74) is 4.70. The highest BCUT2D eigenvalue weighted by Gasteiger charge is 2.32. The summed E-state index contributed by atoms with van der Waals surface area (Å²) in [6, 6.07) is 46.3. The van der Waals surface area contributed by atoms with E-state index in [1.165, 1.54) is 16.3 Å². The molecule has 44 heavy (non-hydrogen) atoms. The molecule has 1 aliphatic heterocycles. The molecular formula is C39H25ClNO2P. The van der Waals surface area contributed by atoms with Crippen molar-refractivity contribution in [2.45, 2.75) is 6.04 Å². The first-order valence-electron chi connectivity index (χ1n) is 14.7. The van der Waals surface area contributed by atoms with E-state index in [1.54, 1.807) is 0 Å². The van der Waals surface area contributed by atoms with E-state index in [1.807, 2.05) is 12.1 Å². The Bertz CT molecular complexity index is 2400. The minimum atomic E-state index is -1.72.